The van der Waals surface area contributed by atoms with Gasteiger partial charge in [0, 0.05) is 37.8 Å². The van der Waals surface area contributed by atoms with Gasteiger partial charge < -0.3 is 9.80 Å². The summed E-state index contributed by atoms with van der Waals surface area (Å²) in [5.41, 5.74) is 0.771. The fourth-order valence-corrected chi connectivity index (χ4v) is 3.41. The number of piperazine rings is 1. The molecule has 104 valence electrons. The van der Waals surface area contributed by atoms with Crippen LogP contribution in [0.5, 0.6) is 0 Å². The summed E-state index contributed by atoms with van der Waals surface area (Å²) in [6.07, 6.45) is 1.80. The van der Waals surface area contributed by atoms with Crippen molar-refractivity contribution in [2.24, 2.45) is 0 Å². The van der Waals surface area contributed by atoms with Crippen LogP contribution in [0.2, 0.25) is 0 Å². The molecular weight excluding hydrogens is 338 g/mol. The van der Waals surface area contributed by atoms with Crippen LogP contribution in [0.25, 0.3) is 0 Å². The van der Waals surface area contributed by atoms with Crippen molar-refractivity contribution in [3.63, 3.8) is 0 Å². The molecule has 1 fully saturated rings. The van der Waals surface area contributed by atoms with E-state index in [4.69, 9.17) is 0 Å². The summed E-state index contributed by atoms with van der Waals surface area (Å²) in [4.78, 5) is 20.8. The first kappa shape index (κ1) is 13.6. The maximum absolute atomic E-state index is 12.3. The van der Waals surface area contributed by atoms with Crippen molar-refractivity contribution in [3.8, 4) is 0 Å². The summed E-state index contributed by atoms with van der Waals surface area (Å²) >= 11 is 4.94. The number of aromatic nitrogens is 1. The van der Waals surface area contributed by atoms with Crippen molar-refractivity contribution >= 4 is 39.0 Å². The van der Waals surface area contributed by atoms with E-state index in [-0.39, 0.29) is 5.91 Å². The van der Waals surface area contributed by atoms with Crippen LogP contribution in [0.15, 0.2) is 39.6 Å². The van der Waals surface area contributed by atoms with E-state index in [9.17, 15) is 4.79 Å². The van der Waals surface area contributed by atoms with Crippen LogP contribution in [-0.4, -0.2) is 42.0 Å². The normalized spacial score (nSPS) is 15.4. The van der Waals surface area contributed by atoms with Crippen LogP contribution in [0.4, 0.5) is 5.82 Å². The molecule has 20 heavy (non-hydrogen) atoms. The lowest BCUT2D eigenvalue weighted by molar-refractivity contribution is 0.0747. The number of rotatable bonds is 2. The van der Waals surface area contributed by atoms with Gasteiger partial charge in [0.25, 0.3) is 5.91 Å². The predicted molar refractivity (Wildman–Crippen MR) is 84.4 cm³/mol. The minimum absolute atomic E-state index is 0.118. The van der Waals surface area contributed by atoms with Gasteiger partial charge in [-0.05, 0) is 34.1 Å². The molecule has 1 aliphatic rings. The highest BCUT2D eigenvalue weighted by atomic mass is 79.9. The number of anilines is 1. The summed E-state index contributed by atoms with van der Waals surface area (Å²) in [5, 5.41) is 1.90. The fourth-order valence-electron chi connectivity index (χ4n) is 2.28. The molecule has 0 bridgehead atoms. The van der Waals surface area contributed by atoms with E-state index in [1.54, 1.807) is 17.5 Å². The number of carbonyl (C=O) groups excluding carboxylic acids is 1. The topological polar surface area (TPSA) is 36.4 Å². The summed E-state index contributed by atoms with van der Waals surface area (Å²) in [6.45, 7) is 3.13. The highest BCUT2D eigenvalue weighted by Crippen LogP contribution is 2.22. The van der Waals surface area contributed by atoms with E-state index in [2.05, 4.69) is 25.8 Å². The van der Waals surface area contributed by atoms with Gasteiger partial charge in [-0.2, -0.15) is 0 Å². The minimum atomic E-state index is 0.118. The lowest BCUT2D eigenvalue weighted by atomic mass is 10.2. The van der Waals surface area contributed by atoms with Crippen LogP contribution in [-0.2, 0) is 0 Å². The zero-order chi connectivity index (χ0) is 13.9. The number of nitrogens with zero attached hydrogens (tertiary/aromatic N) is 3. The SMILES string of the molecule is O=C(c1csc(Br)c1)N1CCN(c2ccccn2)CC1. The second-order valence-electron chi connectivity index (χ2n) is 4.61. The van der Waals surface area contributed by atoms with E-state index in [0.717, 1.165) is 41.3 Å². The minimum Gasteiger partial charge on any atom is -0.353 e. The summed E-state index contributed by atoms with van der Waals surface area (Å²) in [5.74, 6) is 1.10. The molecule has 0 unspecified atom stereocenters. The van der Waals surface area contributed by atoms with Crippen molar-refractivity contribution in [3.05, 3.63) is 45.2 Å². The third-order valence-electron chi connectivity index (χ3n) is 3.35. The molecule has 4 nitrogen and oxygen atoms in total. The van der Waals surface area contributed by atoms with Crippen molar-refractivity contribution in [1.82, 2.24) is 9.88 Å². The lowest BCUT2D eigenvalue weighted by Crippen LogP contribution is -2.49. The third-order valence-corrected chi connectivity index (χ3v) is 4.86. The van der Waals surface area contributed by atoms with Crippen molar-refractivity contribution in [2.45, 2.75) is 0 Å². The Bertz CT molecular complexity index is 593. The Hall–Kier alpha value is -1.40. The molecule has 1 saturated heterocycles. The van der Waals surface area contributed by atoms with Crippen molar-refractivity contribution in [2.75, 3.05) is 31.1 Å². The van der Waals surface area contributed by atoms with Crippen LogP contribution >= 0.6 is 27.3 Å². The summed E-state index contributed by atoms with van der Waals surface area (Å²) in [6, 6.07) is 7.80. The van der Waals surface area contributed by atoms with E-state index < -0.39 is 0 Å². The molecule has 1 aliphatic heterocycles. The van der Waals surface area contributed by atoms with Gasteiger partial charge in [-0.15, -0.1) is 11.3 Å². The van der Waals surface area contributed by atoms with Crippen molar-refractivity contribution in [1.29, 1.82) is 0 Å². The molecule has 0 saturated carbocycles. The van der Waals surface area contributed by atoms with Gasteiger partial charge in [0.2, 0.25) is 0 Å². The van der Waals surface area contributed by atoms with Crippen LogP contribution < -0.4 is 4.90 Å². The number of thiophene rings is 1. The smallest absolute Gasteiger partial charge is 0.254 e. The Morgan fingerprint density at radius 3 is 2.65 bits per heavy atom. The molecule has 3 rings (SSSR count). The monoisotopic (exact) mass is 351 g/mol. The van der Waals surface area contributed by atoms with Gasteiger partial charge in [-0.3, -0.25) is 4.79 Å². The molecule has 0 aromatic carbocycles. The average Bonchev–Trinajstić information content (AvgIpc) is 2.94. The number of hydrogen-bond acceptors (Lipinski definition) is 4. The fraction of sp³-hybridized carbons (Fsp3) is 0.286. The van der Waals surface area contributed by atoms with E-state index in [1.807, 2.05) is 34.5 Å². The van der Waals surface area contributed by atoms with E-state index >= 15 is 0 Å². The van der Waals surface area contributed by atoms with Gasteiger partial charge in [-0.1, -0.05) is 6.07 Å². The van der Waals surface area contributed by atoms with Crippen LogP contribution in [0, 0.1) is 0 Å². The van der Waals surface area contributed by atoms with Crippen LogP contribution in [0.3, 0.4) is 0 Å². The van der Waals surface area contributed by atoms with Gasteiger partial charge in [0.05, 0.1) is 9.35 Å². The van der Waals surface area contributed by atoms with Gasteiger partial charge >= 0.3 is 0 Å². The Balaban J connectivity index is 1.63. The molecule has 0 spiro atoms. The lowest BCUT2D eigenvalue weighted by Gasteiger charge is -2.35. The molecule has 3 heterocycles. The highest BCUT2D eigenvalue weighted by Gasteiger charge is 2.23. The molecule has 0 N–H and O–H groups in total. The number of pyridine rings is 1. The van der Waals surface area contributed by atoms with Gasteiger partial charge in [-0.25, -0.2) is 4.98 Å². The number of halogens is 1. The Morgan fingerprint density at radius 2 is 2.05 bits per heavy atom. The summed E-state index contributed by atoms with van der Waals surface area (Å²) < 4.78 is 0.993. The zero-order valence-corrected chi connectivity index (χ0v) is 13.2. The highest BCUT2D eigenvalue weighted by molar-refractivity contribution is 9.11. The maximum atomic E-state index is 12.3. The maximum Gasteiger partial charge on any atom is 0.254 e. The number of amides is 1. The number of carbonyl (C=O) groups is 1. The quantitative estimate of drug-likeness (QED) is 0.834. The van der Waals surface area contributed by atoms with Gasteiger partial charge in [0.1, 0.15) is 5.82 Å². The third kappa shape index (κ3) is 2.86. The van der Waals surface area contributed by atoms with Crippen LogP contribution in [0.1, 0.15) is 10.4 Å². The zero-order valence-electron chi connectivity index (χ0n) is 10.8. The largest absolute Gasteiger partial charge is 0.353 e. The first-order valence-corrected chi connectivity index (χ1v) is 8.10. The number of hydrogen-bond donors (Lipinski definition) is 0. The second kappa shape index (κ2) is 5.93. The molecule has 0 aliphatic carbocycles. The summed E-state index contributed by atoms with van der Waals surface area (Å²) in [7, 11) is 0. The molecule has 0 radical (unpaired) electrons. The Kier molecular flexibility index (Phi) is 4.03. The Morgan fingerprint density at radius 1 is 1.25 bits per heavy atom. The molecular formula is C14H14BrN3OS. The molecule has 0 atom stereocenters. The molecule has 1 amide bonds. The Labute approximate surface area is 130 Å². The second-order valence-corrected chi connectivity index (χ2v) is 6.90. The molecule has 2 aromatic heterocycles. The van der Waals surface area contributed by atoms with E-state index in [0.29, 0.717) is 0 Å². The predicted octanol–water partition coefficient (Wildman–Crippen LogP) is 2.87. The van der Waals surface area contributed by atoms with Gasteiger partial charge in [0.15, 0.2) is 0 Å². The van der Waals surface area contributed by atoms with Crippen molar-refractivity contribution < 1.29 is 4.79 Å². The van der Waals surface area contributed by atoms with E-state index in [1.165, 1.54) is 0 Å². The standard InChI is InChI=1S/C14H14BrN3OS/c15-12-9-11(10-20-12)14(19)18-7-5-17(6-8-18)13-3-1-2-4-16-13/h1-4,9-10H,5-8H2. The average molecular weight is 352 g/mol. The first-order chi connectivity index (χ1) is 9.74. The molecule has 6 heteroatoms. The molecule has 2 aromatic rings. The first-order valence-electron chi connectivity index (χ1n) is 6.43.